The molecule has 0 spiro atoms. The Kier molecular flexibility index (Phi) is 10.2. The number of halogens is 2. The second kappa shape index (κ2) is 13.1. The number of anilines is 1. The number of allylic oxidation sites excluding steroid dienone is 1. The molecule has 7 nitrogen and oxygen atoms in total. The van der Waals surface area contributed by atoms with Crippen LogP contribution in [0, 0.1) is 19.8 Å². The minimum atomic E-state index is -0.426. The molecule has 3 rings (SSSR count). The van der Waals surface area contributed by atoms with Crippen molar-refractivity contribution in [3.63, 3.8) is 0 Å². The molecule has 3 aromatic rings. The van der Waals surface area contributed by atoms with Gasteiger partial charge in [0, 0.05) is 17.3 Å². The van der Waals surface area contributed by atoms with Crippen LogP contribution in [0.2, 0.25) is 10.0 Å². The third-order valence-electron chi connectivity index (χ3n) is 5.39. The summed E-state index contributed by atoms with van der Waals surface area (Å²) in [6.45, 7) is 12.4. The lowest BCUT2D eigenvalue weighted by Gasteiger charge is -2.21. The van der Waals surface area contributed by atoms with Gasteiger partial charge in [-0.25, -0.2) is 0 Å². The van der Waals surface area contributed by atoms with Crippen LogP contribution in [0.4, 0.5) is 5.69 Å². The predicted octanol–water partition coefficient (Wildman–Crippen LogP) is 6.64. The van der Waals surface area contributed by atoms with Crippen LogP contribution in [0.15, 0.2) is 54.2 Å². The summed E-state index contributed by atoms with van der Waals surface area (Å²) in [6.07, 6.45) is 2.36. The highest BCUT2D eigenvalue weighted by atomic mass is 35.5. The monoisotopic (exact) mass is 559 g/mol. The molecule has 10 heteroatoms. The van der Waals surface area contributed by atoms with Crippen molar-refractivity contribution in [2.45, 2.75) is 51.9 Å². The Morgan fingerprint density at radius 3 is 2.43 bits per heavy atom. The third-order valence-corrected chi connectivity index (χ3v) is 6.91. The molecule has 0 saturated carbocycles. The second-order valence-electron chi connectivity index (χ2n) is 9.23. The van der Waals surface area contributed by atoms with Gasteiger partial charge in [0.15, 0.2) is 11.0 Å². The van der Waals surface area contributed by atoms with Crippen LogP contribution in [0.1, 0.15) is 53.6 Å². The fourth-order valence-electron chi connectivity index (χ4n) is 3.95. The van der Waals surface area contributed by atoms with Crippen LogP contribution in [0.3, 0.4) is 0 Å². The molecule has 37 heavy (non-hydrogen) atoms. The van der Waals surface area contributed by atoms with E-state index in [2.05, 4.69) is 47.3 Å². The number of benzene rings is 2. The van der Waals surface area contributed by atoms with E-state index >= 15 is 0 Å². The number of nitrogens with zero attached hydrogens (tertiary/aromatic N) is 3. The zero-order valence-corrected chi connectivity index (χ0v) is 23.7. The van der Waals surface area contributed by atoms with Crippen molar-refractivity contribution in [1.29, 1.82) is 0 Å². The lowest BCUT2D eigenvalue weighted by molar-refractivity contribution is -0.113. The van der Waals surface area contributed by atoms with Gasteiger partial charge in [0.2, 0.25) is 5.91 Å². The Morgan fingerprint density at radius 2 is 1.81 bits per heavy atom. The number of carbonyl (C=O) groups is 2. The highest BCUT2D eigenvalue weighted by Crippen LogP contribution is 2.27. The molecule has 1 aromatic heterocycles. The van der Waals surface area contributed by atoms with Crippen molar-refractivity contribution in [2.75, 3.05) is 11.1 Å². The summed E-state index contributed by atoms with van der Waals surface area (Å²) >= 11 is 13.5. The van der Waals surface area contributed by atoms with Crippen molar-refractivity contribution < 1.29 is 9.59 Å². The number of rotatable bonds is 11. The van der Waals surface area contributed by atoms with E-state index in [1.54, 1.807) is 18.2 Å². The largest absolute Gasteiger partial charge is 0.342 e. The van der Waals surface area contributed by atoms with Gasteiger partial charge in [-0.15, -0.1) is 16.8 Å². The van der Waals surface area contributed by atoms with E-state index in [1.807, 2.05) is 30.5 Å². The van der Waals surface area contributed by atoms with Crippen LogP contribution < -0.4 is 10.6 Å². The standard InChI is InChI=1S/C27H31Cl2N5O2S/c1-6-9-34-25(23(10-16(2)3)31-26(36)21-8-7-19(28)14-22(21)29)32-33-27(34)37-15-24(35)30-20-12-17(4)11-18(5)13-20/h6-8,11-14,16,23H,1,9-10,15H2,2-5H3,(H,30,35)(H,31,36)/t23-/m1/s1. The van der Waals surface area contributed by atoms with E-state index in [4.69, 9.17) is 23.2 Å². The number of nitrogens with one attached hydrogen (secondary N) is 2. The summed E-state index contributed by atoms with van der Waals surface area (Å²) in [7, 11) is 0. The van der Waals surface area contributed by atoms with Gasteiger partial charge in [-0.2, -0.15) is 0 Å². The lowest BCUT2D eigenvalue weighted by Crippen LogP contribution is -2.32. The van der Waals surface area contributed by atoms with Crippen molar-refractivity contribution >= 4 is 52.5 Å². The normalized spacial score (nSPS) is 11.9. The Morgan fingerprint density at radius 1 is 1.11 bits per heavy atom. The molecule has 0 aliphatic carbocycles. The molecule has 1 heterocycles. The van der Waals surface area contributed by atoms with E-state index in [9.17, 15) is 9.59 Å². The van der Waals surface area contributed by atoms with Crippen molar-refractivity contribution in [1.82, 2.24) is 20.1 Å². The fourth-order valence-corrected chi connectivity index (χ4v) is 5.20. The number of aromatic nitrogens is 3. The van der Waals surface area contributed by atoms with Gasteiger partial charge in [0.1, 0.15) is 0 Å². The fraction of sp³-hybridized carbons (Fsp3) is 0.333. The summed E-state index contributed by atoms with van der Waals surface area (Å²) in [5, 5.41) is 16.0. The zero-order valence-electron chi connectivity index (χ0n) is 21.3. The van der Waals surface area contributed by atoms with E-state index in [1.165, 1.54) is 17.8 Å². The Labute approximate surface area is 232 Å². The first kappa shape index (κ1) is 28.8. The van der Waals surface area contributed by atoms with Gasteiger partial charge in [-0.05, 0) is 67.6 Å². The topological polar surface area (TPSA) is 88.9 Å². The highest BCUT2D eigenvalue weighted by Gasteiger charge is 2.25. The Hall–Kier alpha value is -2.81. The molecule has 0 aliphatic heterocycles. The average Bonchev–Trinajstić information content (AvgIpc) is 3.19. The average molecular weight is 561 g/mol. The predicted molar refractivity (Wildman–Crippen MR) is 152 cm³/mol. The first-order valence-electron chi connectivity index (χ1n) is 11.9. The molecular formula is C27H31Cl2N5O2S. The molecular weight excluding hydrogens is 529 g/mol. The zero-order chi connectivity index (χ0) is 27.1. The molecule has 0 aliphatic rings. The van der Waals surface area contributed by atoms with Crippen molar-refractivity contribution in [2.24, 2.45) is 5.92 Å². The van der Waals surface area contributed by atoms with E-state index in [-0.39, 0.29) is 28.5 Å². The lowest BCUT2D eigenvalue weighted by atomic mass is 10.0. The summed E-state index contributed by atoms with van der Waals surface area (Å²) in [6, 6.07) is 10.2. The molecule has 196 valence electrons. The Bertz CT molecular complexity index is 1270. The number of hydrogen-bond donors (Lipinski definition) is 2. The molecule has 0 bridgehead atoms. The molecule has 2 N–H and O–H groups in total. The molecule has 1 atom stereocenters. The molecule has 2 amide bonds. The maximum Gasteiger partial charge on any atom is 0.253 e. The number of hydrogen-bond acceptors (Lipinski definition) is 5. The Balaban J connectivity index is 1.79. The molecule has 0 saturated heterocycles. The van der Waals surface area contributed by atoms with Crippen LogP contribution >= 0.6 is 35.0 Å². The summed E-state index contributed by atoms with van der Waals surface area (Å²) in [5.74, 6) is 0.532. The maximum atomic E-state index is 13.1. The highest BCUT2D eigenvalue weighted by molar-refractivity contribution is 7.99. The van der Waals surface area contributed by atoms with Gasteiger partial charge >= 0.3 is 0 Å². The smallest absolute Gasteiger partial charge is 0.253 e. The van der Waals surface area contributed by atoms with E-state index in [0.29, 0.717) is 34.5 Å². The molecule has 0 fully saturated rings. The van der Waals surface area contributed by atoms with Gasteiger partial charge in [-0.1, -0.05) is 61.0 Å². The van der Waals surface area contributed by atoms with Crippen LogP contribution in [-0.4, -0.2) is 32.3 Å². The number of amides is 2. The van der Waals surface area contributed by atoms with Gasteiger partial charge in [0.25, 0.3) is 5.91 Å². The summed E-state index contributed by atoms with van der Waals surface area (Å²) in [4.78, 5) is 25.7. The van der Waals surface area contributed by atoms with Crippen molar-refractivity contribution in [3.8, 4) is 0 Å². The number of aryl methyl sites for hydroxylation is 2. The minimum absolute atomic E-state index is 0.144. The quantitative estimate of drug-likeness (QED) is 0.203. The van der Waals surface area contributed by atoms with Gasteiger partial charge in [0.05, 0.1) is 22.4 Å². The van der Waals surface area contributed by atoms with E-state index < -0.39 is 6.04 Å². The van der Waals surface area contributed by atoms with Crippen LogP contribution in [-0.2, 0) is 11.3 Å². The van der Waals surface area contributed by atoms with E-state index in [0.717, 1.165) is 16.8 Å². The van der Waals surface area contributed by atoms with Crippen molar-refractivity contribution in [3.05, 3.63) is 81.6 Å². The van der Waals surface area contributed by atoms with Gasteiger partial charge in [-0.3, -0.25) is 9.59 Å². The second-order valence-corrected chi connectivity index (χ2v) is 11.0. The summed E-state index contributed by atoms with van der Waals surface area (Å²) in [5.41, 5.74) is 3.25. The summed E-state index contributed by atoms with van der Waals surface area (Å²) < 4.78 is 1.87. The number of thioether (sulfide) groups is 1. The molecule has 2 aromatic carbocycles. The molecule has 0 radical (unpaired) electrons. The first-order valence-corrected chi connectivity index (χ1v) is 13.6. The minimum Gasteiger partial charge on any atom is -0.342 e. The SMILES string of the molecule is C=CCn1c(SCC(=O)Nc2cc(C)cc(C)c2)nnc1[C@@H](CC(C)C)NC(=O)c1ccc(Cl)cc1Cl. The first-order chi connectivity index (χ1) is 17.6. The molecule has 0 unspecified atom stereocenters. The van der Waals surface area contributed by atoms with Crippen LogP contribution in [0.25, 0.3) is 0 Å². The maximum absolute atomic E-state index is 13.1. The van der Waals surface area contributed by atoms with Gasteiger partial charge < -0.3 is 15.2 Å². The number of carbonyl (C=O) groups excluding carboxylic acids is 2. The van der Waals surface area contributed by atoms with Crippen LogP contribution in [0.5, 0.6) is 0 Å². The third kappa shape index (κ3) is 8.09.